The second-order valence-electron chi connectivity index (χ2n) is 5.11. The average Bonchev–Trinajstić information content (AvgIpc) is 3.13. The van der Waals surface area contributed by atoms with Crippen molar-refractivity contribution in [2.24, 2.45) is 0 Å². The lowest BCUT2D eigenvalue weighted by molar-refractivity contribution is 0.790. The highest BCUT2D eigenvalue weighted by Crippen LogP contribution is 2.25. The molecule has 1 aliphatic rings. The topological polar surface area (TPSA) is 61.6 Å². The first-order valence-corrected chi connectivity index (χ1v) is 7.72. The monoisotopic (exact) mass is 284 g/mol. The summed E-state index contributed by atoms with van der Waals surface area (Å²) in [6.45, 7) is 2.87. The highest BCUT2D eigenvalue weighted by atomic mass is 32.1. The van der Waals surface area contributed by atoms with Crippen LogP contribution in [-0.2, 0) is 12.8 Å². The summed E-state index contributed by atoms with van der Waals surface area (Å²) in [5.41, 5.74) is 3.03. The van der Waals surface area contributed by atoms with Gasteiger partial charge in [-0.25, -0.2) is 9.97 Å². The summed E-state index contributed by atoms with van der Waals surface area (Å²) >= 11 is 1.66. The number of rotatable bonds is 4. The molecule has 1 N–H and O–H groups in total. The number of hydrogen-bond acceptors (Lipinski definition) is 5. The van der Waals surface area contributed by atoms with E-state index in [0.29, 0.717) is 11.5 Å². The Morgan fingerprint density at radius 1 is 1.50 bits per heavy atom. The van der Waals surface area contributed by atoms with E-state index in [9.17, 15) is 5.26 Å². The number of anilines is 1. The SMILES string of the molecule is CC(CNc1nc2c(cc1C#N)CCC2)c1nccs1. The Kier molecular flexibility index (Phi) is 3.66. The van der Waals surface area contributed by atoms with Gasteiger partial charge in [0.25, 0.3) is 0 Å². The number of nitrogens with one attached hydrogen (secondary N) is 1. The smallest absolute Gasteiger partial charge is 0.144 e. The van der Waals surface area contributed by atoms with Crippen LogP contribution in [0.5, 0.6) is 0 Å². The van der Waals surface area contributed by atoms with E-state index in [-0.39, 0.29) is 0 Å². The molecular formula is C15H16N4S. The molecule has 1 aliphatic carbocycles. The van der Waals surface area contributed by atoms with E-state index in [2.05, 4.69) is 28.3 Å². The molecule has 0 spiro atoms. The Hall–Kier alpha value is -1.93. The van der Waals surface area contributed by atoms with Crippen LogP contribution in [0.4, 0.5) is 5.82 Å². The molecule has 0 saturated heterocycles. The average molecular weight is 284 g/mol. The fraction of sp³-hybridized carbons (Fsp3) is 0.400. The number of pyridine rings is 1. The van der Waals surface area contributed by atoms with Gasteiger partial charge in [-0.05, 0) is 30.9 Å². The molecule has 1 atom stereocenters. The molecule has 102 valence electrons. The summed E-state index contributed by atoms with van der Waals surface area (Å²) in [7, 11) is 0. The minimum atomic E-state index is 0.316. The molecule has 4 nitrogen and oxygen atoms in total. The van der Waals surface area contributed by atoms with E-state index in [1.165, 1.54) is 5.56 Å². The zero-order valence-electron chi connectivity index (χ0n) is 11.4. The maximum absolute atomic E-state index is 9.26. The van der Waals surface area contributed by atoms with Crippen molar-refractivity contribution in [3.8, 4) is 6.07 Å². The van der Waals surface area contributed by atoms with Crippen LogP contribution in [0.1, 0.15) is 41.1 Å². The minimum Gasteiger partial charge on any atom is -0.368 e. The minimum absolute atomic E-state index is 0.316. The van der Waals surface area contributed by atoms with Crippen molar-refractivity contribution in [3.05, 3.63) is 39.5 Å². The van der Waals surface area contributed by atoms with Gasteiger partial charge in [-0.2, -0.15) is 5.26 Å². The molecule has 0 fully saturated rings. The first kappa shape index (κ1) is 13.1. The maximum Gasteiger partial charge on any atom is 0.144 e. The molecule has 2 heterocycles. The van der Waals surface area contributed by atoms with E-state index in [0.717, 1.165) is 42.3 Å². The van der Waals surface area contributed by atoms with E-state index in [4.69, 9.17) is 0 Å². The van der Waals surface area contributed by atoms with E-state index >= 15 is 0 Å². The van der Waals surface area contributed by atoms with Crippen molar-refractivity contribution in [2.75, 3.05) is 11.9 Å². The number of nitriles is 1. The first-order valence-electron chi connectivity index (χ1n) is 6.84. The zero-order valence-corrected chi connectivity index (χ0v) is 12.2. The first-order chi connectivity index (χ1) is 9.78. The van der Waals surface area contributed by atoms with Crippen LogP contribution >= 0.6 is 11.3 Å². The van der Waals surface area contributed by atoms with Crippen molar-refractivity contribution in [1.29, 1.82) is 5.26 Å². The Labute approximate surface area is 122 Å². The number of hydrogen-bond donors (Lipinski definition) is 1. The van der Waals surface area contributed by atoms with Crippen molar-refractivity contribution < 1.29 is 0 Å². The lowest BCUT2D eigenvalue weighted by Gasteiger charge is -2.13. The maximum atomic E-state index is 9.26. The van der Waals surface area contributed by atoms with Crippen LogP contribution in [0.25, 0.3) is 0 Å². The number of nitrogens with zero attached hydrogens (tertiary/aromatic N) is 3. The number of thiazole rings is 1. The van der Waals surface area contributed by atoms with Crippen molar-refractivity contribution in [1.82, 2.24) is 9.97 Å². The lowest BCUT2D eigenvalue weighted by atomic mass is 10.1. The van der Waals surface area contributed by atoms with Crippen LogP contribution in [0.3, 0.4) is 0 Å². The highest BCUT2D eigenvalue weighted by Gasteiger charge is 2.17. The molecular weight excluding hydrogens is 268 g/mol. The van der Waals surface area contributed by atoms with Crippen molar-refractivity contribution in [3.63, 3.8) is 0 Å². The van der Waals surface area contributed by atoms with Gasteiger partial charge in [-0.3, -0.25) is 0 Å². The molecule has 0 aromatic carbocycles. The molecule has 20 heavy (non-hydrogen) atoms. The Morgan fingerprint density at radius 2 is 2.40 bits per heavy atom. The number of aromatic nitrogens is 2. The van der Waals surface area contributed by atoms with Crippen molar-refractivity contribution >= 4 is 17.2 Å². The number of aryl methyl sites for hydroxylation is 2. The molecule has 0 amide bonds. The Bertz CT molecular complexity index is 643. The van der Waals surface area contributed by atoms with Gasteiger partial charge in [0.2, 0.25) is 0 Å². The quantitative estimate of drug-likeness (QED) is 0.937. The molecule has 0 aliphatic heterocycles. The van der Waals surface area contributed by atoms with E-state index in [1.807, 2.05) is 17.6 Å². The van der Waals surface area contributed by atoms with Gasteiger partial charge in [0.1, 0.15) is 11.9 Å². The molecule has 1 unspecified atom stereocenters. The van der Waals surface area contributed by atoms with Gasteiger partial charge in [-0.15, -0.1) is 11.3 Å². The third kappa shape index (κ3) is 2.52. The number of fused-ring (bicyclic) bond motifs is 1. The Balaban J connectivity index is 1.76. The summed E-state index contributed by atoms with van der Waals surface area (Å²) in [4.78, 5) is 8.95. The predicted octanol–water partition coefficient (Wildman–Crippen LogP) is 3.11. The summed E-state index contributed by atoms with van der Waals surface area (Å²) in [5.74, 6) is 1.04. The molecule has 3 rings (SSSR count). The molecule has 0 saturated carbocycles. The van der Waals surface area contributed by atoms with E-state index < -0.39 is 0 Å². The highest BCUT2D eigenvalue weighted by molar-refractivity contribution is 7.09. The fourth-order valence-electron chi connectivity index (χ4n) is 2.51. The molecule has 2 aromatic rings. The second-order valence-corrected chi connectivity index (χ2v) is 6.03. The van der Waals surface area contributed by atoms with E-state index in [1.54, 1.807) is 11.3 Å². The molecule has 0 radical (unpaired) electrons. The largest absolute Gasteiger partial charge is 0.368 e. The van der Waals surface area contributed by atoms with Crippen molar-refractivity contribution in [2.45, 2.75) is 32.1 Å². The molecule has 5 heteroatoms. The lowest BCUT2D eigenvalue weighted by Crippen LogP contribution is -2.12. The predicted molar refractivity (Wildman–Crippen MR) is 80.0 cm³/mol. The van der Waals surface area contributed by atoms with Crippen LogP contribution in [-0.4, -0.2) is 16.5 Å². The standard InChI is InChI=1S/C15H16N4S/c1-10(15-17-5-6-20-15)9-18-14-12(8-16)7-11-3-2-4-13(11)19-14/h5-7,10H,2-4,9H2,1H3,(H,18,19). The summed E-state index contributed by atoms with van der Waals surface area (Å²) < 4.78 is 0. The van der Waals surface area contributed by atoms with Crippen LogP contribution < -0.4 is 5.32 Å². The normalized spacial score (nSPS) is 14.6. The second kappa shape index (κ2) is 5.59. The van der Waals surface area contributed by atoms with Crippen LogP contribution in [0, 0.1) is 11.3 Å². The van der Waals surface area contributed by atoms with Crippen LogP contribution in [0.15, 0.2) is 17.6 Å². The summed E-state index contributed by atoms with van der Waals surface area (Å²) in [5, 5.41) is 15.7. The third-order valence-electron chi connectivity index (χ3n) is 3.62. The van der Waals surface area contributed by atoms with Gasteiger partial charge < -0.3 is 5.32 Å². The van der Waals surface area contributed by atoms with Gasteiger partial charge in [0.05, 0.1) is 10.6 Å². The summed E-state index contributed by atoms with van der Waals surface area (Å²) in [6.07, 6.45) is 5.04. The van der Waals surface area contributed by atoms with Gasteiger partial charge in [0.15, 0.2) is 0 Å². The summed E-state index contributed by atoms with van der Waals surface area (Å²) in [6, 6.07) is 4.24. The fourth-order valence-corrected chi connectivity index (χ4v) is 3.21. The van der Waals surface area contributed by atoms with Gasteiger partial charge in [0, 0.05) is 29.7 Å². The molecule has 2 aromatic heterocycles. The van der Waals surface area contributed by atoms with Gasteiger partial charge >= 0.3 is 0 Å². The zero-order chi connectivity index (χ0) is 13.9. The van der Waals surface area contributed by atoms with Crippen LogP contribution in [0.2, 0.25) is 0 Å². The third-order valence-corrected chi connectivity index (χ3v) is 4.63. The van der Waals surface area contributed by atoms with Gasteiger partial charge in [-0.1, -0.05) is 6.92 Å². The Morgan fingerprint density at radius 3 is 3.15 bits per heavy atom. The molecule has 0 bridgehead atoms.